The SMILES string of the molecule is CCC(C)C(NC(=O)c1ccc(S(=O)(=O)c2ccccc2)s1)C(=O)O. The Bertz CT molecular complexity index is 858. The Labute approximate surface area is 150 Å². The third-order valence-corrected chi connectivity index (χ3v) is 7.23. The van der Waals surface area contributed by atoms with Crippen LogP contribution in [0, 0.1) is 5.92 Å². The van der Waals surface area contributed by atoms with Crippen molar-refractivity contribution < 1.29 is 23.1 Å². The smallest absolute Gasteiger partial charge is 0.326 e. The van der Waals surface area contributed by atoms with E-state index in [2.05, 4.69) is 5.32 Å². The normalized spacial score (nSPS) is 13.8. The summed E-state index contributed by atoms with van der Waals surface area (Å²) in [4.78, 5) is 23.9. The van der Waals surface area contributed by atoms with Gasteiger partial charge in [0.1, 0.15) is 10.3 Å². The van der Waals surface area contributed by atoms with Gasteiger partial charge in [0.15, 0.2) is 0 Å². The van der Waals surface area contributed by atoms with Crippen molar-refractivity contribution in [3.05, 3.63) is 47.3 Å². The lowest BCUT2D eigenvalue weighted by atomic mass is 9.99. The van der Waals surface area contributed by atoms with E-state index in [1.807, 2.05) is 6.92 Å². The average molecular weight is 381 g/mol. The number of hydrogen-bond acceptors (Lipinski definition) is 5. The molecule has 0 fully saturated rings. The molecule has 2 atom stereocenters. The standard InChI is InChI=1S/C17H19NO5S2/c1-3-11(2)15(17(20)21)18-16(19)13-9-10-14(24-13)25(22,23)12-7-5-4-6-8-12/h4-11,15H,3H2,1-2H3,(H,18,19)(H,20,21). The van der Waals surface area contributed by atoms with E-state index in [4.69, 9.17) is 0 Å². The van der Waals surface area contributed by atoms with Gasteiger partial charge in [-0.3, -0.25) is 4.79 Å². The zero-order valence-electron chi connectivity index (χ0n) is 13.8. The quantitative estimate of drug-likeness (QED) is 0.768. The molecule has 0 saturated carbocycles. The number of carboxylic acids is 1. The molecule has 0 spiro atoms. The Morgan fingerprint density at radius 1 is 1.16 bits per heavy atom. The molecule has 1 amide bonds. The number of nitrogens with one attached hydrogen (secondary N) is 1. The maximum absolute atomic E-state index is 12.5. The fourth-order valence-corrected chi connectivity index (χ4v) is 4.83. The molecule has 0 radical (unpaired) electrons. The van der Waals surface area contributed by atoms with E-state index in [1.165, 1.54) is 24.3 Å². The number of aliphatic carboxylic acids is 1. The summed E-state index contributed by atoms with van der Waals surface area (Å²) in [6.07, 6.45) is 0.593. The molecule has 2 rings (SSSR count). The van der Waals surface area contributed by atoms with Crippen LogP contribution in [0.5, 0.6) is 0 Å². The van der Waals surface area contributed by atoms with Gasteiger partial charge in [0.2, 0.25) is 9.84 Å². The highest BCUT2D eigenvalue weighted by molar-refractivity contribution is 7.93. The molecule has 1 aromatic carbocycles. The van der Waals surface area contributed by atoms with Gasteiger partial charge in [-0.15, -0.1) is 11.3 Å². The van der Waals surface area contributed by atoms with Crippen LogP contribution in [-0.4, -0.2) is 31.4 Å². The highest BCUT2D eigenvalue weighted by Gasteiger charge is 2.27. The van der Waals surface area contributed by atoms with Crippen molar-refractivity contribution in [1.29, 1.82) is 0 Å². The van der Waals surface area contributed by atoms with Gasteiger partial charge in [-0.05, 0) is 30.2 Å². The van der Waals surface area contributed by atoms with Crippen molar-refractivity contribution in [3.63, 3.8) is 0 Å². The van der Waals surface area contributed by atoms with Crippen molar-refractivity contribution in [3.8, 4) is 0 Å². The van der Waals surface area contributed by atoms with Crippen LogP contribution in [0.25, 0.3) is 0 Å². The molecule has 1 aromatic heterocycles. The monoisotopic (exact) mass is 381 g/mol. The lowest BCUT2D eigenvalue weighted by Gasteiger charge is -2.19. The Balaban J connectivity index is 2.23. The first-order valence-corrected chi connectivity index (χ1v) is 10.0. The van der Waals surface area contributed by atoms with Gasteiger partial charge in [-0.1, -0.05) is 38.5 Å². The predicted octanol–water partition coefficient (Wildman–Crippen LogP) is 2.81. The summed E-state index contributed by atoms with van der Waals surface area (Å²) < 4.78 is 25.1. The summed E-state index contributed by atoms with van der Waals surface area (Å²) in [6, 6.07) is 9.67. The summed E-state index contributed by atoms with van der Waals surface area (Å²) >= 11 is 0.823. The van der Waals surface area contributed by atoms with Gasteiger partial charge in [-0.2, -0.15) is 0 Å². The second-order valence-electron chi connectivity index (χ2n) is 5.61. The Kier molecular flexibility index (Phi) is 5.97. The number of carboxylic acid groups (broad SMARTS) is 1. The number of rotatable bonds is 7. The van der Waals surface area contributed by atoms with Gasteiger partial charge in [0.25, 0.3) is 5.91 Å². The van der Waals surface area contributed by atoms with Gasteiger partial charge < -0.3 is 10.4 Å². The molecule has 0 saturated heterocycles. The molecule has 0 aliphatic heterocycles. The molecule has 0 aliphatic carbocycles. The third-order valence-electron chi connectivity index (χ3n) is 3.89. The number of carbonyl (C=O) groups excluding carboxylic acids is 1. The minimum absolute atomic E-state index is 0.0410. The largest absolute Gasteiger partial charge is 0.480 e. The van der Waals surface area contributed by atoms with Crippen LogP contribution < -0.4 is 5.32 Å². The minimum atomic E-state index is -3.70. The van der Waals surface area contributed by atoms with E-state index in [0.717, 1.165) is 11.3 Å². The van der Waals surface area contributed by atoms with Crippen LogP contribution in [0.4, 0.5) is 0 Å². The zero-order chi connectivity index (χ0) is 18.6. The molecule has 25 heavy (non-hydrogen) atoms. The van der Waals surface area contributed by atoms with Crippen LogP contribution in [-0.2, 0) is 14.6 Å². The number of carbonyl (C=O) groups is 2. The first-order valence-electron chi connectivity index (χ1n) is 7.71. The Morgan fingerprint density at radius 2 is 1.80 bits per heavy atom. The number of thiophene rings is 1. The number of hydrogen-bond donors (Lipinski definition) is 2. The number of benzene rings is 1. The maximum Gasteiger partial charge on any atom is 0.326 e. The fraction of sp³-hybridized carbons (Fsp3) is 0.294. The second kappa shape index (κ2) is 7.79. The van der Waals surface area contributed by atoms with E-state index in [0.29, 0.717) is 6.42 Å². The zero-order valence-corrected chi connectivity index (χ0v) is 15.4. The first kappa shape index (κ1) is 19.1. The highest BCUT2D eigenvalue weighted by Crippen LogP contribution is 2.27. The van der Waals surface area contributed by atoms with Crippen LogP contribution >= 0.6 is 11.3 Å². The van der Waals surface area contributed by atoms with Crippen LogP contribution in [0.1, 0.15) is 29.9 Å². The number of sulfone groups is 1. The van der Waals surface area contributed by atoms with Crippen LogP contribution in [0.15, 0.2) is 51.6 Å². The molecule has 2 N–H and O–H groups in total. The second-order valence-corrected chi connectivity index (χ2v) is 8.87. The lowest BCUT2D eigenvalue weighted by Crippen LogP contribution is -2.44. The van der Waals surface area contributed by atoms with E-state index in [9.17, 15) is 23.1 Å². The topological polar surface area (TPSA) is 101 Å². The molecule has 1 heterocycles. The van der Waals surface area contributed by atoms with Gasteiger partial charge in [0.05, 0.1) is 9.77 Å². The van der Waals surface area contributed by atoms with Gasteiger partial charge in [-0.25, -0.2) is 13.2 Å². The van der Waals surface area contributed by atoms with E-state index >= 15 is 0 Å². The first-order chi connectivity index (χ1) is 11.8. The summed E-state index contributed by atoms with van der Waals surface area (Å²) in [6.45, 7) is 3.57. The predicted molar refractivity (Wildman–Crippen MR) is 94.6 cm³/mol. The number of amides is 1. The molecular weight excluding hydrogens is 362 g/mol. The fourth-order valence-electron chi connectivity index (χ4n) is 2.20. The molecular formula is C17H19NO5S2. The van der Waals surface area contributed by atoms with E-state index in [1.54, 1.807) is 25.1 Å². The lowest BCUT2D eigenvalue weighted by molar-refractivity contribution is -0.140. The molecule has 0 aliphatic rings. The van der Waals surface area contributed by atoms with Crippen molar-refractivity contribution in [2.24, 2.45) is 5.92 Å². The third kappa shape index (κ3) is 4.26. The molecule has 8 heteroatoms. The molecule has 134 valence electrons. The van der Waals surface area contributed by atoms with Gasteiger partial charge in [0, 0.05) is 0 Å². The molecule has 0 bridgehead atoms. The molecule has 2 aromatic rings. The van der Waals surface area contributed by atoms with Crippen molar-refractivity contribution in [1.82, 2.24) is 5.32 Å². The summed E-state index contributed by atoms with van der Waals surface area (Å²) in [5, 5.41) is 11.7. The van der Waals surface area contributed by atoms with Crippen molar-refractivity contribution in [2.45, 2.75) is 35.4 Å². The summed E-state index contributed by atoms with van der Waals surface area (Å²) in [5.74, 6) is -1.95. The highest BCUT2D eigenvalue weighted by atomic mass is 32.2. The van der Waals surface area contributed by atoms with Crippen LogP contribution in [0.2, 0.25) is 0 Å². The van der Waals surface area contributed by atoms with Crippen molar-refractivity contribution >= 4 is 33.1 Å². The van der Waals surface area contributed by atoms with E-state index in [-0.39, 0.29) is 19.9 Å². The van der Waals surface area contributed by atoms with Crippen LogP contribution in [0.3, 0.4) is 0 Å². The molecule has 6 nitrogen and oxygen atoms in total. The Hall–Kier alpha value is -2.19. The Morgan fingerprint density at radius 3 is 2.36 bits per heavy atom. The average Bonchev–Trinajstić information content (AvgIpc) is 3.10. The summed E-state index contributed by atoms with van der Waals surface area (Å²) in [7, 11) is -3.70. The van der Waals surface area contributed by atoms with E-state index < -0.39 is 27.8 Å². The van der Waals surface area contributed by atoms with Gasteiger partial charge >= 0.3 is 5.97 Å². The summed E-state index contributed by atoms with van der Waals surface area (Å²) in [5.41, 5.74) is 0. The van der Waals surface area contributed by atoms with Crippen molar-refractivity contribution in [2.75, 3.05) is 0 Å². The molecule has 2 unspecified atom stereocenters. The minimum Gasteiger partial charge on any atom is -0.480 e. The maximum atomic E-state index is 12.5.